The molecule has 1 aliphatic heterocycles. The van der Waals surface area contributed by atoms with E-state index in [9.17, 15) is 9.90 Å². The van der Waals surface area contributed by atoms with Crippen LogP contribution < -0.4 is 10.6 Å². The molecule has 2 fully saturated rings. The van der Waals surface area contributed by atoms with Crippen molar-refractivity contribution in [2.24, 2.45) is 5.92 Å². The topological polar surface area (TPSA) is 64.6 Å². The van der Waals surface area contributed by atoms with Crippen LogP contribution in [0.5, 0.6) is 0 Å². The molecule has 126 valence electrons. The van der Waals surface area contributed by atoms with E-state index in [4.69, 9.17) is 0 Å². The molecule has 1 aromatic carbocycles. The molecule has 0 aromatic heterocycles. The zero-order valence-corrected chi connectivity index (χ0v) is 13.6. The van der Waals surface area contributed by atoms with Gasteiger partial charge in [-0.2, -0.15) is 0 Å². The third kappa shape index (κ3) is 5.22. The molecule has 1 heterocycles. The number of nitrogens with zero attached hydrogens (tertiary/aromatic N) is 1. The van der Waals surface area contributed by atoms with Crippen molar-refractivity contribution >= 4 is 6.03 Å². The van der Waals surface area contributed by atoms with Crippen molar-refractivity contribution < 1.29 is 9.90 Å². The minimum atomic E-state index is -0.556. The standard InChI is InChI=1S/C18H27N3O2/c22-17(10-14-4-2-1-3-5-14)12-20-18(23)19-11-15-8-9-21(13-15)16-6-7-16/h1-5,15-17,22H,6-13H2,(H2,19,20,23). The maximum Gasteiger partial charge on any atom is 0.314 e. The molecule has 1 saturated carbocycles. The Bertz CT molecular complexity index is 504. The van der Waals surface area contributed by atoms with Crippen molar-refractivity contribution in [3.8, 4) is 0 Å². The minimum absolute atomic E-state index is 0.179. The third-order valence-electron chi connectivity index (χ3n) is 4.74. The second kappa shape index (κ2) is 7.79. The Morgan fingerprint density at radius 2 is 2.00 bits per heavy atom. The molecular weight excluding hydrogens is 290 g/mol. The van der Waals surface area contributed by atoms with E-state index in [-0.39, 0.29) is 12.6 Å². The number of aliphatic hydroxyl groups is 1. The highest BCUT2D eigenvalue weighted by Gasteiger charge is 2.34. The van der Waals surface area contributed by atoms with Gasteiger partial charge in [0, 0.05) is 32.1 Å². The first kappa shape index (κ1) is 16.3. The molecule has 1 aromatic rings. The number of rotatable bonds is 7. The van der Waals surface area contributed by atoms with Crippen molar-refractivity contribution in [3.05, 3.63) is 35.9 Å². The zero-order valence-electron chi connectivity index (χ0n) is 13.6. The van der Waals surface area contributed by atoms with Gasteiger partial charge < -0.3 is 20.6 Å². The number of carbonyl (C=O) groups excluding carboxylic acids is 1. The summed E-state index contributed by atoms with van der Waals surface area (Å²) in [5, 5.41) is 15.7. The summed E-state index contributed by atoms with van der Waals surface area (Å²) in [6, 6.07) is 10.5. The maximum absolute atomic E-state index is 11.8. The Balaban J connectivity index is 1.29. The lowest BCUT2D eigenvalue weighted by Crippen LogP contribution is -2.42. The Hall–Kier alpha value is -1.59. The van der Waals surface area contributed by atoms with E-state index in [1.165, 1.54) is 25.8 Å². The van der Waals surface area contributed by atoms with Crippen LogP contribution in [-0.4, -0.2) is 54.4 Å². The van der Waals surface area contributed by atoms with Gasteiger partial charge in [-0.1, -0.05) is 30.3 Å². The predicted octanol–water partition coefficient (Wildman–Crippen LogP) is 1.37. The number of urea groups is 1. The Morgan fingerprint density at radius 1 is 1.22 bits per heavy atom. The summed E-state index contributed by atoms with van der Waals surface area (Å²) in [5.74, 6) is 0.565. The van der Waals surface area contributed by atoms with E-state index >= 15 is 0 Å². The molecule has 23 heavy (non-hydrogen) atoms. The average Bonchev–Trinajstić information content (AvgIpc) is 3.30. The molecule has 5 nitrogen and oxygen atoms in total. The van der Waals surface area contributed by atoms with Crippen molar-refractivity contribution in [1.29, 1.82) is 0 Å². The largest absolute Gasteiger partial charge is 0.391 e. The van der Waals surface area contributed by atoms with Crippen LogP contribution in [0.1, 0.15) is 24.8 Å². The van der Waals surface area contributed by atoms with Crippen LogP contribution in [0.25, 0.3) is 0 Å². The normalized spacial score (nSPS) is 22.7. The van der Waals surface area contributed by atoms with E-state index < -0.39 is 6.10 Å². The molecule has 0 spiro atoms. The summed E-state index contributed by atoms with van der Waals surface area (Å²) in [7, 11) is 0. The van der Waals surface area contributed by atoms with Crippen LogP contribution in [-0.2, 0) is 6.42 Å². The maximum atomic E-state index is 11.8. The Morgan fingerprint density at radius 3 is 2.74 bits per heavy atom. The number of hydrogen-bond donors (Lipinski definition) is 3. The van der Waals surface area contributed by atoms with Gasteiger partial charge in [-0.05, 0) is 37.3 Å². The molecule has 0 radical (unpaired) electrons. The Labute approximate surface area is 138 Å². The van der Waals surface area contributed by atoms with E-state index in [1.54, 1.807) is 0 Å². The lowest BCUT2D eigenvalue weighted by molar-refractivity contribution is 0.170. The molecular formula is C18H27N3O2. The molecule has 1 aliphatic carbocycles. The molecule has 0 bridgehead atoms. The SMILES string of the molecule is O=C(NCC(O)Cc1ccccc1)NCC1CCN(C2CC2)C1. The van der Waals surface area contributed by atoms with Crippen molar-refractivity contribution in [2.45, 2.75) is 37.8 Å². The highest BCUT2D eigenvalue weighted by atomic mass is 16.3. The zero-order chi connectivity index (χ0) is 16.1. The number of nitrogens with one attached hydrogen (secondary N) is 2. The third-order valence-corrected chi connectivity index (χ3v) is 4.74. The lowest BCUT2D eigenvalue weighted by Gasteiger charge is -2.16. The molecule has 2 amide bonds. The first-order valence-electron chi connectivity index (χ1n) is 8.68. The molecule has 3 N–H and O–H groups in total. The van der Waals surface area contributed by atoms with Gasteiger partial charge in [0.15, 0.2) is 0 Å². The summed E-state index contributed by atoms with van der Waals surface area (Å²) >= 11 is 0. The van der Waals surface area contributed by atoms with Gasteiger partial charge in [0.1, 0.15) is 0 Å². The summed E-state index contributed by atoms with van der Waals surface area (Å²) < 4.78 is 0. The number of amides is 2. The predicted molar refractivity (Wildman–Crippen MR) is 90.3 cm³/mol. The summed E-state index contributed by atoms with van der Waals surface area (Å²) in [5.41, 5.74) is 1.08. The van der Waals surface area contributed by atoms with Crippen molar-refractivity contribution in [3.63, 3.8) is 0 Å². The van der Waals surface area contributed by atoms with Crippen molar-refractivity contribution in [2.75, 3.05) is 26.2 Å². The lowest BCUT2D eigenvalue weighted by atomic mass is 10.1. The van der Waals surface area contributed by atoms with E-state index in [2.05, 4.69) is 15.5 Å². The van der Waals surface area contributed by atoms with E-state index in [1.807, 2.05) is 30.3 Å². The van der Waals surface area contributed by atoms with Gasteiger partial charge >= 0.3 is 6.03 Å². The Kier molecular flexibility index (Phi) is 5.51. The van der Waals surface area contributed by atoms with Gasteiger partial charge in [0.2, 0.25) is 0 Å². The number of aliphatic hydroxyl groups excluding tert-OH is 1. The van der Waals surface area contributed by atoms with Crippen LogP contribution in [0.3, 0.4) is 0 Å². The van der Waals surface area contributed by atoms with Gasteiger partial charge in [0.25, 0.3) is 0 Å². The molecule has 2 aliphatic rings. The van der Waals surface area contributed by atoms with Crippen molar-refractivity contribution in [1.82, 2.24) is 15.5 Å². The fourth-order valence-corrected chi connectivity index (χ4v) is 3.27. The monoisotopic (exact) mass is 317 g/mol. The van der Waals surface area contributed by atoms with Gasteiger partial charge in [-0.25, -0.2) is 4.79 Å². The highest BCUT2D eigenvalue weighted by molar-refractivity contribution is 5.73. The van der Waals surface area contributed by atoms with Crippen LogP contribution in [0.15, 0.2) is 30.3 Å². The fourth-order valence-electron chi connectivity index (χ4n) is 3.27. The van der Waals surface area contributed by atoms with Crippen LogP contribution in [0.4, 0.5) is 4.79 Å². The van der Waals surface area contributed by atoms with Gasteiger partial charge in [-0.15, -0.1) is 0 Å². The number of likely N-dealkylation sites (tertiary alicyclic amines) is 1. The smallest absolute Gasteiger partial charge is 0.314 e. The molecule has 5 heteroatoms. The van der Waals surface area contributed by atoms with Crippen LogP contribution in [0.2, 0.25) is 0 Å². The first-order valence-corrected chi connectivity index (χ1v) is 8.68. The molecule has 2 unspecified atom stereocenters. The number of carbonyl (C=O) groups is 1. The van der Waals surface area contributed by atoms with E-state index in [0.717, 1.165) is 24.7 Å². The summed E-state index contributed by atoms with van der Waals surface area (Å²) in [6.45, 7) is 3.29. The van der Waals surface area contributed by atoms with Gasteiger partial charge in [-0.3, -0.25) is 0 Å². The van der Waals surface area contributed by atoms with Crippen LogP contribution in [0, 0.1) is 5.92 Å². The van der Waals surface area contributed by atoms with Gasteiger partial charge in [0.05, 0.1) is 6.10 Å². The second-order valence-electron chi connectivity index (χ2n) is 6.82. The molecule has 3 rings (SSSR count). The second-order valence-corrected chi connectivity index (χ2v) is 6.82. The summed E-state index contributed by atoms with van der Waals surface area (Å²) in [4.78, 5) is 14.4. The fraction of sp³-hybridized carbons (Fsp3) is 0.611. The quantitative estimate of drug-likeness (QED) is 0.712. The average molecular weight is 317 g/mol. The minimum Gasteiger partial charge on any atom is -0.391 e. The van der Waals surface area contributed by atoms with E-state index in [0.29, 0.717) is 12.3 Å². The van der Waals surface area contributed by atoms with Crippen LogP contribution >= 0.6 is 0 Å². The molecule has 1 saturated heterocycles. The number of hydrogen-bond acceptors (Lipinski definition) is 3. The highest BCUT2D eigenvalue weighted by Crippen LogP contribution is 2.31. The first-order chi connectivity index (χ1) is 11.2. The summed E-state index contributed by atoms with van der Waals surface area (Å²) in [6.07, 6.45) is 3.87. The number of benzene rings is 1. The molecule has 2 atom stereocenters.